The van der Waals surface area contributed by atoms with Crippen LogP contribution in [-0.4, -0.2) is 31.6 Å². The average Bonchev–Trinajstić information content (AvgIpc) is 3.23. The lowest BCUT2D eigenvalue weighted by molar-refractivity contribution is 0.0949. The number of nitrogens with zero attached hydrogens (tertiary/aromatic N) is 4. The van der Waals surface area contributed by atoms with Gasteiger partial charge in [-0.25, -0.2) is 4.39 Å². The van der Waals surface area contributed by atoms with Crippen LogP contribution >= 0.6 is 23.4 Å². The van der Waals surface area contributed by atoms with E-state index in [9.17, 15) is 14.0 Å². The summed E-state index contributed by atoms with van der Waals surface area (Å²) in [4.78, 5) is 25.9. The van der Waals surface area contributed by atoms with Crippen molar-refractivity contribution in [1.82, 2.24) is 24.5 Å². The number of fused-ring (bicyclic) bond motifs is 3. The highest BCUT2D eigenvalue weighted by atomic mass is 35.5. The van der Waals surface area contributed by atoms with Gasteiger partial charge in [0.2, 0.25) is 5.78 Å². The summed E-state index contributed by atoms with van der Waals surface area (Å²) >= 11 is 7.45. The molecule has 0 bridgehead atoms. The summed E-state index contributed by atoms with van der Waals surface area (Å²) in [5.41, 5.74) is 1.13. The van der Waals surface area contributed by atoms with Gasteiger partial charge in [0.15, 0.2) is 5.16 Å². The maximum Gasteiger partial charge on any atom is 0.262 e. The number of aromatic nitrogens is 4. The summed E-state index contributed by atoms with van der Waals surface area (Å²) < 4.78 is 17.6. The summed E-state index contributed by atoms with van der Waals surface area (Å²) in [6.07, 6.45) is 0.733. The molecule has 2 heterocycles. The minimum absolute atomic E-state index is 0.195. The number of rotatable bonds is 8. The van der Waals surface area contributed by atoms with Gasteiger partial charge >= 0.3 is 0 Å². The van der Waals surface area contributed by atoms with Crippen molar-refractivity contribution in [2.75, 3.05) is 6.54 Å². The highest BCUT2D eigenvalue weighted by molar-refractivity contribution is 7.98. The molecule has 34 heavy (non-hydrogen) atoms. The van der Waals surface area contributed by atoms with Crippen molar-refractivity contribution in [3.05, 3.63) is 68.7 Å². The maximum atomic E-state index is 14.3. The highest BCUT2D eigenvalue weighted by Gasteiger charge is 2.19. The van der Waals surface area contributed by atoms with E-state index in [1.54, 1.807) is 39.3 Å². The molecule has 178 valence electrons. The monoisotopic (exact) mass is 501 g/mol. The van der Waals surface area contributed by atoms with Crippen molar-refractivity contribution < 1.29 is 9.18 Å². The molecule has 0 fully saturated rings. The second kappa shape index (κ2) is 10.1. The third-order valence-electron chi connectivity index (χ3n) is 5.36. The summed E-state index contributed by atoms with van der Waals surface area (Å²) in [5, 5.41) is 12.7. The number of carbonyl (C=O) groups is 1. The number of thioether (sulfide) groups is 1. The molecule has 0 spiro atoms. The number of carbonyl (C=O) groups excluding carboxylic acids is 1. The summed E-state index contributed by atoms with van der Waals surface area (Å²) in [7, 11) is 0. The molecule has 0 aliphatic carbocycles. The Morgan fingerprint density at radius 2 is 2.03 bits per heavy atom. The zero-order valence-corrected chi connectivity index (χ0v) is 20.7. The van der Waals surface area contributed by atoms with Crippen molar-refractivity contribution in [2.24, 2.45) is 5.92 Å². The molecule has 4 aromatic rings. The van der Waals surface area contributed by atoms with Crippen LogP contribution in [0.4, 0.5) is 4.39 Å². The van der Waals surface area contributed by atoms with Gasteiger partial charge in [0.05, 0.1) is 10.9 Å². The fraction of sp³-hybridized carbons (Fsp3) is 0.333. The van der Waals surface area contributed by atoms with Gasteiger partial charge in [0, 0.05) is 35.0 Å². The summed E-state index contributed by atoms with van der Waals surface area (Å²) in [6.45, 7) is 7.02. The molecule has 2 aromatic heterocycles. The molecule has 0 saturated heterocycles. The molecule has 10 heteroatoms. The molecule has 0 aliphatic heterocycles. The lowest BCUT2D eigenvalue weighted by Crippen LogP contribution is -2.28. The minimum atomic E-state index is -0.398. The molecule has 1 N–H and O–H groups in total. The normalized spacial score (nSPS) is 11.6. The van der Waals surface area contributed by atoms with Crippen molar-refractivity contribution in [2.45, 2.75) is 44.6 Å². The van der Waals surface area contributed by atoms with Gasteiger partial charge < -0.3 is 5.32 Å². The highest BCUT2D eigenvalue weighted by Crippen LogP contribution is 2.29. The Morgan fingerprint density at radius 1 is 1.24 bits per heavy atom. The van der Waals surface area contributed by atoms with Gasteiger partial charge in [-0.15, -0.1) is 10.2 Å². The average molecular weight is 502 g/mol. The molecule has 0 radical (unpaired) electrons. The predicted molar refractivity (Wildman–Crippen MR) is 133 cm³/mol. The maximum absolute atomic E-state index is 14.3. The molecule has 2 aromatic carbocycles. The molecule has 0 aliphatic rings. The van der Waals surface area contributed by atoms with Gasteiger partial charge in [-0.3, -0.25) is 18.6 Å². The number of amides is 1. The number of halogens is 2. The van der Waals surface area contributed by atoms with Gasteiger partial charge in [-0.2, -0.15) is 0 Å². The molecule has 0 atom stereocenters. The molecule has 4 rings (SSSR count). The molecule has 0 unspecified atom stereocenters. The van der Waals surface area contributed by atoms with Crippen molar-refractivity contribution in [1.29, 1.82) is 0 Å². The fourth-order valence-electron chi connectivity index (χ4n) is 3.65. The fourth-order valence-corrected chi connectivity index (χ4v) is 4.93. The van der Waals surface area contributed by atoms with E-state index in [1.807, 2.05) is 20.8 Å². The lowest BCUT2D eigenvalue weighted by atomic mass is 10.1. The van der Waals surface area contributed by atoms with E-state index in [0.717, 1.165) is 6.42 Å². The van der Waals surface area contributed by atoms with E-state index in [-0.39, 0.29) is 17.2 Å². The van der Waals surface area contributed by atoms with E-state index >= 15 is 0 Å². The number of nitrogens with one attached hydrogen (secondary N) is 1. The quantitative estimate of drug-likeness (QED) is 0.346. The Labute approximate surface area is 205 Å². The molecular weight excluding hydrogens is 477 g/mol. The Morgan fingerprint density at radius 3 is 2.74 bits per heavy atom. The second-order valence-corrected chi connectivity index (χ2v) is 9.75. The van der Waals surface area contributed by atoms with E-state index < -0.39 is 5.82 Å². The van der Waals surface area contributed by atoms with Crippen molar-refractivity contribution in [3.8, 4) is 0 Å². The standard InChI is InChI=1S/C24H25ClFN5O2S/c1-4-10-30-22(33)16-9-8-15(21(32)27-12-14(2)3)11-20(16)31-23(30)28-29-24(31)34-13-17-18(25)6-5-7-19(17)26/h5-9,11,14H,4,10,12-13H2,1-3H3,(H,27,32). The zero-order chi connectivity index (χ0) is 24.4. The van der Waals surface area contributed by atoms with Gasteiger partial charge in [-0.05, 0) is 42.7 Å². The van der Waals surface area contributed by atoms with Crippen LogP contribution in [0, 0.1) is 11.7 Å². The number of hydrogen-bond acceptors (Lipinski definition) is 5. The lowest BCUT2D eigenvalue weighted by Gasteiger charge is -2.12. The van der Waals surface area contributed by atoms with Crippen LogP contribution in [0.2, 0.25) is 5.02 Å². The SMILES string of the molecule is CCCn1c(=O)c2ccc(C(=O)NCC(C)C)cc2n2c(SCc3c(F)cccc3Cl)nnc12. The first kappa shape index (κ1) is 24.2. The van der Waals surface area contributed by atoms with Crippen molar-refractivity contribution in [3.63, 3.8) is 0 Å². The van der Waals surface area contributed by atoms with E-state index in [4.69, 9.17) is 11.6 Å². The topological polar surface area (TPSA) is 81.3 Å². The van der Waals surface area contributed by atoms with Crippen LogP contribution < -0.4 is 10.9 Å². The van der Waals surface area contributed by atoms with Crippen LogP contribution in [0.1, 0.15) is 43.1 Å². The van der Waals surface area contributed by atoms with Gasteiger partial charge in [-0.1, -0.05) is 50.2 Å². The number of aryl methyl sites for hydroxylation is 1. The van der Waals surface area contributed by atoms with E-state index in [1.165, 1.54) is 17.8 Å². The number of hydrogen-bond donors (Lipinski definition) is 1. The van der Waals surface area contributed by atoms with E-state index in [0.29, 0.717) is 57.0 Å². The summed E-state index contributed by atoms with van der Waals surface area (Å²) in [6, 6.07) is 9.55. The Balaban J connectivity index is 1.84. The van der Waals surface area contributed by atoms with Crippen LogP contribution in [0.15, 0.2) is 46.3 Å². The Kier molecular flexibility index (Phi) is 7.23. The third kappa shape index (κ3) is 4.67. The first-order valence-electron chi connectivity index (χ1n) is 11.1. The largest absolute Gasteiger partial charge is 0.352 e. The summed E-state index contributed by atoms with van der Waals surface area (Å²) in [5.74, 6) is 0.298. The van der Waals surface area contributed by atoms with E-state index in [2.05, 4.69) is 15.5 Å². The second-order valence-electron chi connectivity index (χ2n) is 8.40. The van der Waals surface area contributed by atoms with Crippen LogP contribution in [-0.2, 0) is 12.3 Å². The smallest absolute Gasteiger partial charge is 0.262 e. The first-order valence-corrected chi connectivity index (χ1v) is 12.4. The van der Waals surface area contributed by atoms with Crippen LogP contribution in [0.25, 0.3) is 16.7 Å². The van der Waals surface area contributed by atoms with Gasteiger partial charge in [0.1, 0.15) is 5.82 Å². The molecule has 0 saturated carbocycles. The molecule has 1 amide bonds. The third-order valence-corrected chi connectivity index (χ3v) is 6.67. The van der Waals surface area contributed by atoms with Crippen molar-refractivity contribution >= 4 is 46.0 Å². The zero-order valence-electron chi connectivity index (χ0n) is 19.1. The van der Waals surface area contributed by atoms with Gasteiger partial charge in [0.25, 0.3) is 11.5 Å². The van der Waals surface area contributed by atoms with Crippen LogP contribution in [0.3, 0.4) is 0 Å². The Hall–Kier alpha value is -2.91. The molecule has 7 nitrogen and oxygen atoms in total. The van der Waals surface area contributed by atoms with Crippen LogP contribution in [0.5, 0.6) is 0 Å². The predicted octanol–water partition coefficient (Wildman–Crippen LogP) is 4.92. The Bertz CT molecular complexity index is 1410. The molecular formula is C24H25ClFN5O2S. The first-order chi connectivity index (χ1) is 16.3. The minimum Gasteiger partial charge on any atom is -0.352 e. The number of benzene rings is 2.